The van der Waals surface area contributed by atoms with Crippen LogP contribution >= 0.6 is 22.9 Å². The molecule has 0 aliphatic heterocycles. The minimum atomic E-state index is -1.27. The van der Waals surface area contributed by atoms with Gasteiger partial charge in [-0.3, -0.25) is 0 Å². The Hall–Kier alpha value is -3.27. The minimum absolute atomic E-state index is 0.434. The molecule has 0 bridgehead atoms. The number of carboxylic acid groups (broad SMARTS) is 1. The molecule has 0 fully saturated rings. The van der Waals surface area contributed by atoms with E-state index in [2.05, 4.69) is 32.0 Å². The van der Waals surface area contributed by atoms with E-state index in [1.807, 2.05) is 52.4 Å². The molecule has 1 atom stereocenters. The highest BCUT2D eigenvalue weighted by Gasteiger charge is 2.35. The first-order valence-electron chi connectivity index (χ1n) is 11.9. The van der Waals surface area contributed by atoms with Crippen molar-refractivity contribution in [1.82, 2.24) is 9.55 Å². The molecule has 4 rings (SSSR count). The molecule has 0 aliphatic rings. The van der Waals surface area contributed by atoms with Gasteiger partial charge in [0, 0.05) is 37.3 Å². The van der Waals surface area contributed by atoms with Gasteiger partial charge in [-0.05, 0) is 60.9 Å². The van der Waals surface area contributed by atoms with Crippen LogP contribution in [-0.2, 0) is 16.1 Å². The van der Waals surface area contributed by atoms with Crippen LogP contribution in [0.2, 0.25) is 5.02 Å². The molecular weight excluding hydrogens is 510 g/mol. The van der Waals surface area contributed by atoms with Crippen molar-refractivity contribution in [2.45, 2.75) is 39.0 Å². The van der Waals surface area contributed by atoms with Crippen molar-refractivity contribution in [1.29, 1.82) is 0 Å². The Balaban J connectivity index is 2.18. The second-order valence-corrected chi connectivity index (χ2v) is 10.8. The Kier molecular flexibility index (Phi) is 7.68. The van der Waals surface area contributed by atoms with Gasteiger partial charge in [-0.2, -0.15) is 11.3 Å². The lowest BCUT2D eigenvalue weighted by Crippen LogP contribution is -2.28. The Bertz CT molecular complexity index is 1410. The summed E-state index contributed by atoms with van der Waals surface area (Å²) in [5, 5.41) is 25.7. The number of carbonyl (C=O) groups is 1. The molecule has 3 heterocycles. The average molecular weight is 542 g/mol. The summed E-state index contributed by atoms with van der Waals surface area (Å²) in [7, 11) is 5.45. The molecule has 0 amide bonds. The predicted molar refractivity (Wildman–Crippen MR) is 153 cm³/mol. The maximum Gasteiger partial charge on any atom is 0.337 e. The van der Waals surface area contributed by atoms with Crippen LogP contribution < -0.4 is 16.0 Å². The molecule has 0 unspecified atom stereocenters. The van der Waals surface area contributed by atoms with Crippen molar-refractivity contribution in [3.05, 3.63) is 57.2 Å². The van der Waals surface area contributed by atoms with E-state index in [4.69, 9.17) is 21.3 Å². The molecule has 3 aromatic heterocycles. The molecule has 0 saturated carbocycles. The first-order chi connectivity index (χ1) is 17.6. The van der Waals surface area contributed by atoms with E-state index >= 15 is 0 Å². The van der Waals surface area contributed by atoms with Crippen molar-refractivity contribution >= 4 is 57.3 Å². The second-order valence-electron chi connectivity index (χ2n) is 9.59. The fraction of sp³-hybridized carbons (Fsp3) is 0.333. The standard InChI is InChI=1S/C27H32ClN5O3S/c1-27(2,3)36-22(26(34)35)20-18(16-7-9-17(28)10-8-16)19-21(29-4)25(31-6)33(13-15-11-12-37-14-15)24(19)32-23(20)30-5/h7-12,14,22,29,31H,13H2,1-6H3,(H,30,32)(H,34,35)/t22-/m0/s1. The topological polar surface area (TPSA) is 100 Å². The van der Waals surface area contributed by atoms with E-state index in [0.717, 1.165) is 28.0 Å². The molecule has 8 nitrogen and oxygen atoms in total. The summed E-state index contributed by atoms with van der Waals surface area (Å²) in [4.78, 5) is 17.7. The fourth-order valence-corrected chi connectivity index (χ4v) is 5.34. The number of carboxylic acids is 1. The quantitative estimate of drug-likeness (QED) is 0.191. The summed E-state index contributed by atoms with van der Waals surface area (Å²) in [6, 6.07) is 9.47. The number of benzene rings is 1. The highest BCUT2D eigenvalue weighted by molar-refractivity contribution is 7.07. The average Bonchev–Trinajstić information content (AvgIpc) is 3.47. The number of pyridine rings is 1. The van der Waals surface area contributed by atoms with Gasteiger partial charge in [0.15, 0.2) is 6.10 Å². The van der Waals surface area contributed by atoms with Crippen LogP contribution in [0.15, 0.2) is 41.1 Å². The number of hydrogen-bond donors (Lipinski definition) is 4. The van der Waals surface area contributed by atoms with Crippen molar-refractivity contribution in [2.75, 3.05) is 37.1 Å². The maximum absolute atomic E-state index is 12.7. The van der Waals surface area contributed by atoms with E-state index < -0.39 is 17.7 Å². The zero-order valence-electron chi connectivity index (χ0n) is 21.8. The van der Waals surface area contributed by atoms with E-state index in [1.54, 1.807) is 30.5 Å². The molecule has 0 radical (unpaired) electrons. The number of aliphatic carboxylic acids is 1. The molecule has 37 heavy (non-hydrogen) atoms. The van der Waals surface area contributed by atoms with Crippen LogP contribution in [0, 0.1) is 0 Å². The van der Waals surface area contributed by atoms with Gasteiger partial charge >= 0.3 is 5.97 Å². The molecule has 196 valence electrons. The Morgan fingerprint density at radius 1 is 1.14 bits per heavy atom. The third kappa shape index (κ3) is 5.25. The molecule has 1 aromatic carbocycles. The van der Waals surface area contributed by atoms with Crippen molar-refractivity contribution in [3.63, 3.8) is 0 Å². The number of aromatic nitrogens is 2. The fourth-order valence-electron chi connectivity index (χ4n) is 4.55. The number of halogens is 1. The van der Waals surface area contributed by atoms with Gasteiger partial charge in [-0.15, -0.1) is 0 Å². The number of thiophene rings is 1. The normalized spacial score (nSPS) is 12.5. The lowest BCUT2D eigenvalue weighted by Gasteiger charge is -2.28. The number of hydrogen-bond acceptors (Lipinski definition) is 7. The zero-order valence-corrected chi connectivity index (χ0v) is 23.3. The maximum atomic E-state index is 12.7. The number of anilines is 3. The van der Waals surface area contributed by atoms with Gasteiger partial charge in [0.2, 0.25) is 0 Å². The van der Waals surface area contributed by atoms with Crippen LogP contribution in [0.25, 0.3) is 22.2 Å². The van der Waals surface area contributed by atoms with Crippen molar-refractivity contribution in [2.24, 2.45) is 0 Å². The molecule has 4 N–H and O–H groups in total. The van der Waals surface area contributed by atoms with Gasteiger partial charge < -0.3 is 30.4 Å². The van der Waals surface area contributed by atoms with Gasteiger partial charge in [-0.25, -0.2) is 9.78 Å². The van der Waals surface area contributed by atoms with Crippen molar-refractivity contribution in [3.8, 4) is 11.1 Å². The minimum Gasteiger partial charge on any atom is -0.479 e. The number of nitrogens with one attached hydrogen (secondary N) is 3. The Morgan fingerprint density at radius 2 is 1.84 bits per heavy atom. The van der Waals surface area contributed by atoms with Crippen LogP contribution in [0.1, 0.15) is 38.0 Å². The molecule has 0 aliphatic carbocycles. The Morgan fingerprint density at radius 3 is 2.35 bits per heavy atom. The highest BCUT2D eigenvalue weighted by atomic mass is 35.5. The summed E-state index contributed by atoms with van der Waals surface area (Å²) < 4.78 is 8.24. The smallest absolute Gasteiger partial charge is 0.337 e. The van der Waals surface area contributed by atoms with Crippen LogP contribution in [-0.4, -0.2) is 47.4 Å². The molecule has 0 saturated heterocycles. The van der Waals surface area contributed by atoms with E-state index in [1.165, 1.54) is 0 Å². The first kappa shape index (κ1) is 26.8. The van der Waals surface area contributed by atoms with Crippen LogP contribution in [0.5, 0.6) is 0 Å². The summed E-state index contributed by atoms with van der Waals surface area (Å²) in [5.41, 5.74) is 3.92. The third-order valence-corrected chi connectivity index (χ3v) is 6.95. The lowest BCUT2D eigenvalue weighted by atomic mass is 9.93. The van der Waals surface area contributed by atoms with Gasteiger partial charge in [0.05, 0.1) is 23.2 Å². The summed E-state index contributed by atoms with van der Waals surface area (Å²) in [5.74, 6) is 0.179. The van der Waals surface area contributed by atoms with Gasteiger partial charge in [0.1, 0.15) is 17.3 Å². The number of fused-ring (bicyclic) bond motifs is 1. The SMILES string of the molecule is CNc1nc2c(c(NC)c(NC)n2Cc2ccsc2)c(-c2ccc(Cl)cc2)c1[C@H](OC(C)(C)C)C(=O)O. The van der Waals surface area contributed by atoms with Crippen LogP contribution in [0.4, 0.5) is 17.3 Å². The monoisotopic (exact) mass is 541 g/mol. The Labute approximate surface area is 225 Å². The van der Waals surface area contributed by atoms with E-state index in [0.29, 0.717) is 34.2 Å². The lowest BCUT2D eigenvalue weighted by molar-refractivity contribution is -0.160. The number of ether oxygens (including phenoxy) is 1. The predicted octanol–water partition coefficient (Wildman–Crippen LogP) is 6.53. The summed E-state index contributed by atoms with van der Waals surface area (Å²) >= 11 is 7.87. The zero-order chi connectivity index (χ0) is 26.9. The molecular formula is C27H32ClN5O3S. The largest absolute Gasteiger partial charge is 0.479 e. The highest BCUT2D eigenvalue weighted by Crippen LogP contribution is 2.47. The molecule has 4 aromatic rings. The second kappa shape index (κ2) is 10.6. The molecule has 10 heteroatoms. The van der Waals surface area contributed by atoms with E-state index in [9.17, 15) is 9.90 Å². The van der Waals surface area contributed by atoms with Gasteiger partial charge in [-0.1, -0.05) is 23.7 Å². The number of nitrogens with zero attached hydrogens (tertiary/aromatic N) is 2. The molecule has 0 spiro atoms. The van der Waals surface area contributed by atoms with Gasteiger partial charge in [0.25, 0.3) is 0 Å². The summed E-state index contributed by atoms with van der Waals surface area (Å²) in [6.07, 6.45) is -1.27. The van der Waals surface area contributed by atoms with E-state index in [-0.39, 0.29) is 0 Å². The number of rotatable bonds is 9. The van der Waals surface area contributed by atoms with Crippen molar-refractivity contribution < 1.29 is 14.6 Å². The first-order valence-corrected chi connectivity index (χ1v) is 13.2. The van der Waals surface area contributed by atoms with Crippen LogP contribution in [0.3, 0.4) is 0 Å². The third-order valence-electron chi connectivity index (χ3n) is 5.96. The summed E-state index contributed by atoms with van der Waals surface area (Å²) in [6.45, 7) is 6.11.